The van der Waals surface area contributed by atoms with Crippen molar-refractivity contribution < 1.29 is 8.42 Å². The molecule has 0 aliphatic carbocycles. The van der Waals surface area contributed by atoms with Gasteiger partial charge in [-0.1, -0.05) is 36.7 Å². The monoisotopic (exact) mass is 311 g/mol. The second kappa shape index (κ2) is 5.36. The molecular formula is C11H22BrNO2S. The van der Waals surface area contributed by atoms with E-state index in [1.807, 2.05) is 0 Å². The number of hydrogen-bond donors (Lipinski definition) is 0. The van der Waals surface area contributed by atoms with Gasteiger partial charge >= 0.3 is 0 Å². The third-order valence-corrected chi connectivity index (χ3v) is 5.42. The molecule has 1 aliphatic heterocycles. The molecule has 16 heavy (non-hydrogen) atoms. The SMILES string of the molecule is CC(C)(C)CCS(=O)(=O)N1CCCC(Br)C1. The number of rotatable bonds is 3. The largest absolute Gasteiger partial charge is 0.214 e. The average molecular weight is 312 g/mol. The maximum absolute atomic E-state index is 12.1. The van der Waals surface area contributed by atoms with Gasteiger partial charge in [-0.3, -0.25) is 0 Å². The minimum Gasteiger partial charge on any atom is -0.212 e. The van der Waals surface area contributed by atoms with E-state index in [1.54, 1.807) is 4.31 Å². The molecule has 96 valence electrons. The Labute approximate surface area is 108 Å². The van der Waals surface area contributed by atoms with Crippen molar-refractivity contribution in [1.82, 2.24) is 4.31 Å². The molecule has 0 N–H and O–H groups in total. The van der Waals surface area contributed by atoms with Gasteiger partial charge < -0.3 is 0 Å². The summed E-state index contributed by atoms with van der Waals surface area (Å²) in [6, 6.07) is 0. The van der Waals surface area contributed by atoms with Gasteiger partial charge in [0.25, 0.3) is 0 Å². The lowest BCUT2D eigenvalue weighted by Crippen LogP contribution is -2.41. The van der Waals surface area contributed by atoms with Crippen LogP contribution in [0.3, 0.4) is 0 Å². The first-order valence-corrected chi connectivity index (χ1v) is 8.35. The lowest BCUT2D eigenvalue weighted by Gasteiger charge is -2.30. The summed E-state index contributed by atoms with van der Waals surface area (Å²) < 4.78 is 25.8. The number of alkyl halides is 1. The highest BCUT2D eigenvalue weighted by Crippen LogP contribution is 2.23. The first-order valence-electron chi connectivity index (χ1n) is 5.83. The summed E-state index contributed by atoms with van der Waals surface area (Å²) >= 11 is 3.51. The minimum absolute atomic E-state index is 0.0800. The first-order chi connectivity index (χ1) is 7.21. The third-order valence-electron chi connectivity index (χ3n) is 2.83. The van der Waals surface area contributed by atoms with Gasteiger partial charge in [0, 0.05) is 17.9 Å². The Morgan fingerprint density at radius 2 is 2.00 bits per heavy atom. The van der Waals surface area contributed by atoms with Crippen molar-refractivity contribution in [3.05, 3.63) is 0 Å². The second-order valence-corrected chi connectivity index (χ2v) is 9.11. The van der Waals surface area contributed by atoms with Gasteiger partial charge in [-0.15, -0.1) is 0 Å². The summed E-state index contributed by atoms with van der Waals surface area (Å²) in [5.74, 6) is 0.274. The van der Waals surface area contributed by atoms with Crippen LogP contribution in [-0.2, 0) is 10.0 Å². The van der Waals surface area contributed by atoms with Gasteiger partial charge in [-0.25, -0.2) is 12.7 Å². The molecule has 0 aromatic carbocycles. The Hall–Kier alpha value is 0.390. The molecule has 1 fully saturated rings. The van der Waals surface area contributed by atoms with E-state index in [4.69, 9.17) is 0 Å². The van der Waals surface area contributed by atoms with Crippen LogP contribution in [-0.4, -0.2) is 36.4 Å². The van der Waals surface area contributed by atoms with Crippen molar-refractivity contribution in [2.45, 2.75) is 44.9 Å². The Balaban J connectivity index is 2.56. The van der Waals surface area contributed by atoms with E-state index in [2.05, 4.69) is 36.7 Å². The highest BCUT2D eigenvalue weighted by atomic mass is 79.9. The van der Waals surface area contributed by atoms with Crippen molar-refractivity contribution in [3.8, 4) is 0 Å². The van der Waals surface area contributed by atoms with E-state index >= 15 is 0 Å². The summed E-state index contributed by atoms with van der Waals surface area (Å²) in [4.78, 5) is 0.325. The zero-order valence-electron chi connectivity index (χ0n) is 10.4. The maximum Gasteiger partial charge on any atom is 0.214 e. The van der Waals surface area contributed by atoms with Gasteiger partial charge in [0.2, 0.25) is 10.0 Å². The zero-order valence-corrected chi connectivity index (χ0v) is 12.8. The Morgan fingerprint density at radius 1 is 1.38 bits per heavy atom. The number of halogens is 1. The lowest BCUT2D eigenvalue weighted by molar-refractivity contribution is 0.346. The molecule has 1 rings (SSSR count). The molecule has 1 aliphatic rings. The molecule has 1 atom stereocenters. The summed E-state index contributed by atoms with van der Waals surface area (Å²) in [6.07, 6.45) is 2.76. The molecule has 3 nitrogen and oxygen atoms in total. The molecule has 0 aromatic heterocycles. The molecule has 0 bridgehead atoms. The fourth-order valence-corrected chi connectivity index (χ4v) is 4.52. The van der Waals surface area contributed by atoms with Crippen LogP contribution >= 0.6 is 15.9 Å². The fraction of sp³-hybridized carbons (Fsp3) is 1.00. The van der Waals surface area contributed by atoms with Crippen LogP contribution in [0, 0.1) is 5.41 Å². The average Bonchev–Trinajstić information content (AvgIpc) is 2.14. The zero-order chi connectivity index (χ0) is 12.4. The topological polar surface area (TPSA) is 37.4 Å². The molecule has 5 heteroatoms. The standard InChI is InChI=1S/C11H22BrNO2S/c1-11(2,3)6-8-16(14,15)13-7-4-5-10(12)9-13/h10H,4-9H2,1-3H3. The van der Waals surface area contributed by atoms with E-state index < -0.39 is 10.0 Å². The lowest BCUT2D eigenvalue weighted by atomic mass is 9.94. The molecule has 1 saturated heterocycles. The molecule has 1 unspecified atom stereocenters. The second-order valence-electron chi connectivity index (χ2n) is 5.72. The van der Waals surface area contributed by atoms with Gasteiger partial charge in [0.15, 0.2) is 0 Å². The Bertz CT molecular complexity index is 321. The smallest absolute Gasteiger partial charge is 0.212 e. The summed E-state index contributed by atoms with van der Waals surface area (Å²) in [5.41, 5.74) is 0.0800. The van der Waals surface area contributed by atoms with Gasteiger partial charge in [-0.2, -0.15) is 0 Å². The van der Waals surface area contributed by atoms with Crippen LogP contribution in [0.2, 0.25) is 0 Å². The van der Waals surface area contributed by atoms with Crippen molar-refractivity contribution in [2.75, 3.05) is 18.8 Å². The van der Waals surface area contributed by atoms with E-state index in [-0.39, 0.29) is 11.2 Å². The molecule has 0 spiro atoms. The summed E-state index contributed by atoms with van der Waals surface area (Å²) in [6.45, 7) is 7.55. The highest BCUT2D eigenvalue weighted by Gasteiger charge is 2.28. The van der Waals surface area contributed by atoms with Crippen LogP contribution in [0.5, 0.6) is 0 Å². The van der Waals surface area contributed by atoms with E-state index in [0.717, 1.165) is 19.3 Å². The normalized spacial score (nSPS) is 24.6. The number of hydrogen-bond acceptors (Lipinski definition) is 2. The van der Waals surface area contributed by atoms with Crippen LogP contribution < -0.4 is 0 Å². The molecule has 0 radical (unpaired) electrons. The van der Waals surface area contributed by atoms with Crippen molar-refractivity contribution in [3.63, 3.8) is 0 Å². The fourth-order valence-electron chi connectivity index (χ4n) is 1.71. The van der Waals surface area contributed by atoms with Crippen molar-refractivity contribution >= 4 is 26.0 Å². The van der Waals surface area contributed by atoms with Gasteiger partial charge in [0.05, 0.1) is 5.75 Å². The van der Waals surface area contributed by atoms with Crippen molar-refractivity contribution in [1.29, 1.82) is 0 Å². The summed E-state index contributed by atoms with van der Waals surface area (Å²) in [7, 11) is -3.05. The molecule has 0 saturated carbocycles. The first kappa shape index (κ1) is 14.5. The van der Waals surface area contributed by atoms with E-state index in [9.17, 15) is 8.42 Å². The van der Waals surface area contributed by atoms with Crippen LogP contribution in [0.4, 0.5) is 0 Å². The van der Waals surface area contributed by atoms with Crippen LogP contribution in [0.25, 0.3) is 0 Å². The number of piperidine rings is 1. The van der Waals surface area contributed by atoms with Crippen LogP contribution in [0.1, 0.15) is 40.0 Å². The Morgan fingerprint density at radius 3 is 2.50 bits per heavy atom. The molecule has 1 heterocycles. The summed E-state index contributed by atoms with van der Waals surface area (Å²) in [5, 5.41) is 0. The van der Waals surface area contributed by atoms with Gasteiger partial charge in [-0.05, 0) is 24.7 Å². The molecular weight excluding hydrogens is 290 g/mol. The van der Waals surface area contributed by atoms with Crippen LogP contribution in [0.15, 0.2) is 0 Å². The Kier molecular flexibility index (Phi) is 4.84. The van der Waals surface area contributed by atoms with Crippen molar-refractivity contribution in [2.24, 2.45) is 5.41 Å². The molecule has 0 amide bonds. The van der Waals surface area contributed by atoms with Gasteiger partial charge in [0.1, 0.15) is 0 Å². The minimum atomic E-state index is -3.05. The maximum atomic E-state index is 12.1. The number of nitrogens with zero attached hydrogens (tertiary/aromatic N) is 1. The third kappa shape index (κ3) is 4.72. The van der Waals surface area contributed by atoms with E-state index in [1.165, 1.54) is 0 Å². The predicted molar refractivity (Wildman–Crippen MR) is 71.4 cm³/mol. The van der Waals surface area contributed by atoms with E-state index in [0.29, 0.717) is 17.9 Å². The number of sulfonamides is 1. The molecule has 0 aromatic rings. The highest BCUT2D eigenvalue weighted by molar-refractivity contribution is 9.09. The predicted octanol–water partition coefficient (Wildman–Crippen LogP) is 2.61. The quantitative estimate of drug-likeness (QED) is 0.751.